The van der Waals surface area contributed by atoms with Gasteiger partial charge in [0, 0.05) is 10.6 Å². The summed E-state index contributed by atoms with van der Waals surface area (Å²) in [6.07, 6.45) is 0. The van der Waals surface area contributed by atoms with Gasteiger partial charge < -0.3 is 0 Å². The number of aryl methyl sites for hydroxylation is 2. The lowest BCUT2D eigenvalue weighted by atomic mass is 10.1. The number of anilines is 1. The number of benzene rings is 2. The maximum Gasteiger partial charge on any atom is 0.269 e. The predicted molar refractivity (Wildman–Crippen MR) is 78.5 cm³/mol. The third kappa shape index (κ3) is 3.48. The smallest absolute Gasteiger partial charge is 0.269 e. The average Bonchev–Trinajstić information content (AvgIpc) is 2.40. The lowest BCUT2D eigenvalue weighted by molar-refractivity contribution is 0.0962. The molecule has 4 heteroatoms. The summed E-state index contributed by atoms with van der Waals surface area (Å²) in [4.78, 5) is 11.9. The van der Waals surface area contributed by atoms with E-state index >= 15 is 0 Å². The SMILES string of the molecule is Cc1ccc(C(=O)NNc2ccc(C)c(Cl)c2)cc1. The van der Waals surface area contributed by atoms with Gasteiger partial charge in [0.1, 0.15) is 0 Å². The molecule has 0 aliphatic rings. The van der Waals surface area contributed by atoms with Gasteiger partial charge in [-0.25, -0.2) is 0 Å². The Morgan fingerprint density at radius 2 is 1.74 bits per heavy atom. The van der Waals surface area contributed by atoms with Crippen LogP contribution in [0.15, 0.2) is 42.5 Å². The van der Waals surface area contributed by atoms with Gasteiger partial charge in [-0.2, -0.15) is 0 Å². The molecular formula is C15H15ClN2O. The van der Waals surface area contributed by atoms with E-state index in [2.05, 4.69) is 10.9 Å². The van der Waals surface area contributed by atoms with E-state index in [0.717, 1.165) is 16.8 Å². The first-order valence-corrected chi connectivity index (χ1v) is 6.33. The fourth-order valence-corrected chi connectivity index (χ4v) is 1.76. The van der Waals surface area contributed by atoms with E-state index in [4.69, 9.17) is 11.6 Å². The molecule has 0 atom stereocenters. The molecule has 3 nitrogen and oxygen atoms in total. The van der Waals surface area contributed by atoms with Crippen LogP contribution in [0.1, 0.15) is 21.5 Å². The van der Waals surface area contributed by atoms with Crippen LogP contribution in [0, 0.1) is 13.8 Å². The van der Waals surface area contributed by atoms with Crippen molar-refractivity contribution in [3.05, 3.63) is 64.2 Å². The molecule has 0 heterocycles. The van der Waals surface area contributed by atoms with E-state index in [9.17, 15) is 4.79 Å². The second-order valence-electron chi connectivity index (χ2n) is 4.41. The highest BCUT2D eigenvalue weighted by molar-refractivity contribution is 6.31. The zero-order valence-electron chi connectivity index (χ0n) is 10.8. The van der Waals surface area contributed by atoms with Gasteiger partial charge in [0.15, 0.2) is 0 Å². The summed E-state index contributed by atoms with van der Waals surface area (Å²) in [5.74, 6) is -0.184. The van der Waals surface area contributed by atoms with Crippen molar-refractivity contribution in [2.75, 3.05) is 5.43 Å². The summed E-state index contributed by atoms with van der Waals surface area (Å²) in [5, 5.41) is 0.662. The van der Waals surface area contributed by atoms with Crippen LogP contribution in [0.4, 0.5) is 5.69 Å². The lowest BCUT2D eigenvalue weighted by Gasteiger charge is -2.09. The predicted octanol–water partition coefficient (Wildman–Crippen LogP) is 3.71. The molecule has 1 amide bonds. The summed E-state index contributed by atoms with van der Waals surface area (Å²) in [6, 6.07) is 12.9. The van der Waals surface area contributed by atoms with E-state index in [1.165, 1.54) is 0 Å². The fourth-order valence-electron chi connectivity index (χ4n) is 1.58. The summed E-state index contributed by atoms with van der Waals surface area (Å²) < 4.78 is 0. The maximum absolute atomic E-state index is 11.9. The second-order valence-corrected chi connectivity index (χ2v) is 4.82. The van der Waals surface area contributed by atoms with E-state index in [0.29, 0.717) is 10.6 Å². The Hall–Kier alpha value is -2.00. The van der Waals surface area contributed by atoms with Crippen LogP contribution in [0.3, 0.4) is 0 Å². The van der Waals surface area contributed by atoms with Crippen LogP contribution < -0.4 is 10.9 Å². The third-order valence-corrected chi connectivity index (χ3v) is 3.21. The first-order valence-electron chi connectivity index (χ1n) is 5.95. The minimum Gasteiger partial charge on any atom is -0.298 e. The monoisotopic (exact) mass is 274 g/mol. The van der Waals surface area contributed by atoms with Crippen molar-refractivity contribution in [1.29, 1.82) is 0 Å². The van der Waals surface area contributed by atoms with Gasteiger partial charge in [-0.05, 0) is 43.7 Å². The largest absolute Gasteiger partial charge is 0.298 e. The first kappa shape index (κ1) is 13.4. The van der Waals surface area contributed by atoms with Crippen LogP contribution in [0.25, 0.3) is 0 Å². The number of carbonyl (C=O) groups excluding carboxylic acids is 1. The first-order chi connectivity index (χ1) is 9.06. The number of hydrazine groups is 1. The Morgan fingerprint density at radius 3 is 2.37 bits per heavy atom. The van der Waals surface area contributed by atoms with Crippen LogP contribution in [-0.4, -0.2) is 5.91 Å². The molecule has 0 spiro atoms. The maximum atomic E-state index is 11.9. The van der Waals surface area contributed by atoms with E-state index in [1.807, 2.05) is 38.1 Å². The van der Waals surface area contributed by atoms with Crippen molar-refractivity contribution in [3.8, 4) is 0 Å². The molecule has 0 aliphatic carbocycles. The minimum atomic E-state index is -0.184. The lowest BCUT2D eigenvalue weighted by Crippen LogP contribution is -2.29. The molecule has 2 aromatic rings. The van der Waals surface area contributed by atoms with Gasteiger partial charge in [-0.3, -0.25) is 15.6 Å². The van der Waals surface area contributed by atoms with E-state index in [-0.39, 0.29) is 5.91 Å². The number of carbonyl (C=O) groups is 1. The molecule has 0 radical (unpaired) electrons. The molecule has 2 rings (SSSR count). The van der Waals surface area contributed by atoms with Gasteiger partial charge in [-0.1, -0.05) is 35.4 Å². The molecule has 0 aromatic heterocycles. The Morgan fingerprint density at radius 1 is 1.05 bits per heavy atom. The van der Waals surface area contributed by atoms with E-state index in [1.54, 1.807) is 18.2 Å². The summed E-state index contributed by atoms with van der Waals surface area (Å²) in [7, 11) is 0. The van der Waals surface area contributed by atoms with Gasteiger partial charge in [0.25, 0.3) is 5.91 Å². The standard InChI is InChI=1S/C15H15ClN2O/c1-10-3-6-12(7-4-10)15(19)18-17-13-8-5-11(2)14(16)9-13/h3-9,17H,1-2H3,(H,18,19). The number of rotatable bonds is 3. The highest BCUT2D eigenvalue weighted by Gasteiger charge is 2.04. The molecule has 2 aromatic carbocycles. The quantitative estimate of drug-likeness (QED) is 0.838. The third-order valence-electron chi connectivity index (χ3n) is 2.81. The Bertz CT molecular complexity index is 594. The second kappa shape index (κ2) is 5.76. The molecule has 0 saturated carbocycles. The molecule has 0 unspecified atom stereocenters. The van der Waals surface area contributed by atoms with Crippen LogP contribution in [-0.2, 0) is 0 Å². The van der Waals surface area contributed by atoms with Crippen molar-refractivity contribution in [2.45, 2.75) is 13.8 Å². The minimum absolute atomic E-state index is 0.184. The van der Waals surface area contributed by atoms with Crippen molar-refractivity contribution in [2.24, 2.45) is 0 Å². The number of halogens is 1. The van der Waals surface area contributed by atoms with Gasteiger partial charge in [0.2, 0.25) is 0 Å². The molecule has 0 bridgehead atoms. The molecular weight excluding hydrogens is 260 g/mol. The Labute approximate surface area is 117 Å². The Kier molecular flexibility index (Phi) is 4.07. The number of hydrogen-bond donors (Lipinski definition) is 2. The van der Waals surface area contributed by atoms with Gasteiger partial charge >= 0.3 is 0 Å². The van der Waals surface area contributed by atoms with Gasteiger partial charge in [-0.15, -0.1) is 0 Å². The molecule has 98 valence electrons. The molecule has 0 saturated heterocycles. The van der Waals surface area contributed by atoms with Gasteiger partial charge in [0.05, 0.1) is 5.69 Å². The van der Waals surface area contributed by atoms with Crippen molar-refractivity contribution in [3.63, 3.8) is 0 Å². The van der Waals surface area contributed by atoms with Crippen LogP contribution in [0.2, 0.25) is 5.02 Å². The highest BCUT2D eigenvalue weighted by atomic mass is 35.5. The zero-order chi connectivity index (χ0) is 13.8. The van der Waals surface area contributed by atoms with Crippen molar-refractivity contribution >= 4 is 23.2 Å². The Balaban J connectivity index is 2.00. The topological polar surface area (TPSA) is 41.1 Å². The highest BCUT2D eigenvalue weighted by Crippen LogP contribution is 2.19. The van der Waals surface area contributed by atoms with Crippen molar-refractivity contribution in [1.82, 2.24) is 5.43 Å². The van der Waals surface area contributed by atoms with E-state index < -0.39 is 0 Å². The summed E-state index contributed by atoms with van der Waals surface area (Å²) in [5.41, 5.74) is 8.95. The molecule has 2 N–H and O–H groups in total. The summed E-state index contributed by atoms with van der Waals surface area (Å²) >= 11 is 6.01. The van der Waals surface area contributed by atoms with Crippen LogP contribution >= 0.6 is 11.6 Å². The van der Waals surface area contributed by atoms with Crippen molar-refractivity contribution < 1.29 is 4.79 Å². The zero-order valence-corrected chi connectivity index (χ0v) is 11.6. The normalized spacial score (nSPS) is 10.1. The molecule has 0 aliphatic heterocycles. The summed E-state index contributed by atoms with van der Waals surface area (Å²) in [6.45, 7) is 3.91. The number of hydrogen-bond acceptors (Lipinski definition) is 2. The molecule has 19 heavy (non-hydrogen) atoms. The number of amides is 1. The van der Waals surface area contributed by atoms with Crippen LogP contribution in [0.5, 0.6) is 0 Å². The fraction of sp³-hybridized carbons (Fsp3) is 0.133. The average molecular weight is 275 g/mol. The number of nitrogens with one attached hydrogen (secondary N) is 2. The molecule has 0 fully saturated rings.